The molecule has 3 amide bonds. The smallest absolute Gasteiger partial charge is 0.244 e. The van der Waals surface area contributed by atoms with Crippen LogP contribution in [0.4, 0.5) is 20.3 Å². The van der Waals surface area contributed by atoms with E-state index in [0.717, 1.165) is 22.8 Å². The van der Waals surface area contributed by atoms with Gasteiger partial charge in [0, 0.05) is 41.9 Å². The van der Waals surface area contributed by atoms with Gasteiger partial charge in [-0.15, -0.1) is 0 Å². The van der Waals surface area contributed by atoms with Crippen molar-refractivity contribution >= 4 is 29.2 Å². The molecule has 3 heterocycles. The number of nitrogens with zero attached hydrogens (tertiary/aromatic N) is 2. The molecule has 1 fully saturated rings. The number of benzene rings is 1. The van der Waals surface area contributed by atoms with Gasteiger partial charge in [-0.2, -0.15) is 0 Å². The van der Waals surface area contributed by atoms with Gasteiger partial charge in [0.05, 0.1) is 16.9 Å². The number of pyridine rings is 1. The molecule has 2 aromatic rings. The van der Waals surface area contributed by atoms with Crippen LogP contribution >= 0.6 is 0 Å². The molecule has 4 aliphatic rings. The predicted molar refractivity (Wildman–Crippen MR) is 143 cm³/mol. The fourth-order valence-corrected chi connectivity index (χ4v) is 6.60. The maximum Gasteiger partial charge on any atom is 0.244 e. The van der Waals surface area contributed by atoms with Crippen LogP contribution in [0.5, 0.6) is 0 Å². The Kier molecular flexibility index (Phi) is 6.14. The monoisotopic (exact) mass is 548 g/mol. The number of aliphatic hydroxyl groups is 1. The lowest BCUT2D eigenvalue weighted by molar-refractivity contribution is -0.162. The number of hydrogen-bond donors (Lipinski definition) is 3. The molecule has 0 saturated carbocycles. The molecule has 1 saturated heterocycles. The first kappa shape index (κ1) is 26.3. The lowest BCUT2D eigenvalue weighted by Crippen LogP contribution is -2.61. The molecule has 208 valence electrons. The Morgan fingerprint density at radius 2 is 1.98 bits per heavy atom. The Hall–Kier alpha value is -3.92. The normalized spacial score (nSPS) is 28.5. The van der Waals surface area contributed by atoms with Crippen LogP contribution in [-0.2, 0) is 32.6 Å². The number of carbonyl (C=O) groups is 3. The molecule has 10 heteroatoms. The number of fused-ring (bicyclic) bond motifs is 3. The highest BCUT2D eigenvalue weighted by Crippen LogP contribution is 2.47. The number of likely N-dealkylation sites (tertiary alicyclic amines) is 1. The van der Waals surface area contributed by atoms with Crippen molar-refractivity contribution in [3.05, 3.63) is 77.0 Å². The van der Waals surface area contributed by atoms with Crippen LogP contribution in [0, 0.1) is 11.3 Å². The number of carbonyl (C=O) groups excluding carboxylic acids is 3. The molecular formula is C30H30F2N4O4. The van der Waals surface area contributed by atoms with Gasteiger partial charge in [0.15, 0.2) is 0 Å². The molecule has 1 aromatic carbocycles. The number of halogens is 2. The topological polar surface area (TPSA) is 112 Å². The molecule has 8 nitrogen and oxygen atoms in total. The minimum Gasteiger partial charge on any atom is -0.392 e. The largest absolute Gasteiger partial charge is 0.392 e. The van der Waals surface area contributed by atoms with E-state index < -0.39 is 52.4 Å². The van der Waals surface area contributed by atoms with Crippen molar-refractivity contribution in [3.8, 4) is 0 Å². The van der Waals surface area contributed by atoms with Gasteiger partial charge in [-0.05, 0) is 68.5 Å². The SMILES string of the molecule is CC1(C)C(=O)N(CC(=O)Nc2ccc3c(c2)C[C@@]2(C3)C(=O)Nc3ncccc32)[C@@H](C2C=C(F)C=C(F)C2)C[C@@H]1O. The Bertz CT molecular complexity index is 1500. The maximum atomic E-state index is 14.1. The third-order valence-corrected chi connectivity index (χ3v) is 8.88. The second-order valence-corrected chi connectivity index (χ2v) is 11.8. The number of nitrogens with one attached hydrogen (secondary N) is 2. The summed E-state index contributed by atoms with van der Waals surface area (Å²) in [6, 6.07) is 8.46. The molecular weight excluding hydrogens is 518 g/mol. The first-order chi connectivity index (χ1) is 19.0. The second kappa shape index (κ2) is 9.33. The minimum atomic E-state index is -1.16. The van der Waals surface area contributed by atoms with Crippen LogP contribution in [0.15, 0.2) is 60.3 Å². The number of amides is 3. The molecule has 4 atom stereocenters. The van der Waals surface area contributed by atoms with E-state index in [4.69, 9.17) is 0 Å². The number of rotatable bonds is 4. The van der Waals surface area contributed by atoms with Gasteiger partial charge >= 0.3 is 0 Å². The van der Waals surface area contributed by atoms with Gasteiger partial charge in [0.1, 0.15) is 24.0 Å². The average Bonchev–Trinajstić information content (AvgIpc) is 3.41. The summed E-state index contributed by atoms with van der Waals surface area (Å²) in [5.41, 5.74) is 1.43. The number of aliphatic hydroxyl groups excluding tert-OH is 1. The van der Waals surface area contributed by atoms with Crippen molar-refractivity contribution < 1.29 is 28.3 Å². The van der Waals surface area contributed by atoms with Crippen molar-refractivity contribution in [1.29, 1.82) is 0 Å². The van der Waals surface area contributed by atoms with Gasteiger partial charge in [-0.3, -0.25) is 14.4 Å². The quantitative estimate of drug-likeness (QED) is 0.539. The van der Waals surface area contributed by atoms with Crippen molar-refractivity contribution in [2.45, 2.75) is 57.1 Å². The number of anilines is 2. The summed E-state index contributed by atoms with van der Waals surface area (Å²) >= 11 is 0. The lowest BCUT2D eigenvalue weighted by atomic mass is 9.73. The summed E-state index contributed by atoms with van der Waals surface area (Å²) in [4.78, 5) is 45.2. The molecule has 1 unspecified atom stereocenters. The third-order valence-electron chi connectivity index (χ3n) is 8.88. The molecule has 3 N–H and O–H groups in total. The zero-order valence-electron chi connectivity index (χ0n) is 22.2. The Labute approximate surface area is 230 Å². The zero-order chi connectivity index (χ0) is 28.4. The summed E-state index contributed by atoms with van der Waals surface area (Å²) < 4.78 is 28.2. The van der Waals surface area contributed by atoms with E-state index in [1.54, 1.807) is 26.1 Å². The molecule has 1 spiro atoms. The van der Waals surface area contributed by atoms with Gasteiger partial charge in [-0.1, -0.05) is 12.1 Å². The van der Waals surface area contributed by atoms with E-state index in [9.17, 15) is 28.3 Å². The van der Waals surface area contributed by atoms with Crippen molar-refractivity contribution in [1.82, 2.24) is 9.88 Å². The van der Waals surface area contributed by atoms with Crippen LogP contribution in [0.1, 0.15) is 43.4 Å². The van der Waals surface area contributed by atoms with Crippen molar-refractivity contribution in [2.24, 2.45) is 11.3 Å². The zero-order valence-corrected chi connectivity index (χ0v) is 22.2. The highest BCUT2D eigenvalue weighted by atomic mass is 19.1. The van der Waals surface area contributed by atoms with E-state index in [0.29, 0.717) is 24.3 Å². The molecule has 0 radical (unpaired) electrons. The van der Waals surface area contributed by atoms with Crippen LogP contribution in [-0.4, -0.2) is 51.4 Å². The Morgan fingerprint density at radius 1 is 1.20 bits per heavy atom. The summed E-state index contributed by atoms with van der Waals surface area (Å²) in [5, 5.41) is 16.4. The highest BCUT2D eigenvalue weighted by molar-refractivity contribution is 6.06. The van der Waals surface area contributed by atoms with E-state index >= 15 is 0 Å². The summed E-state index contributed by atoms with van der Waals surface area (Å²) in [5.74, 6) is -2.54. The first-order valence-electron chi connectivity index (χ1n) is 13.4. The predicted octanol–water partition coefficient (Wildman–Crippen LogP) is 3.72. The van der Waals surface area contributed by atoms with E-state index in [-0.39, 0.29) is 25.3 Å². The second-order valence-electron chi connectivity index (χ2n) is 11.8. The van der Waals surface area contributed by atoms with Crippen LogP contribution in [0.3, 0.4) is 0 Å². The molecule has 6 rings (SSSR count). The van der Waals surface area contributed by atoms with Crippen LogP contribution in [0.25, 0.3) is 0 Å². The molecule has 40 heavy (non-hydrogen) atoms. The first-order valence-corrected chi connectivity index (χ1v) is 13.4. The Balaban J connectivity index is 1.21. The van der Waals surface area contributed by atoms with E-state index in [2.05, 4.69) is 15.6 Å². The fourth-order valence-electron chi connectivity index (χ4n) is 6.60. The summed E-state index contributed by atoms with van der Waals surface area (Å²) in [7, 11) is 0. The van der Waals surface area contributed by atoms with Gasteiger partial charge in [-0.25, -0.2) is 13.8 Å². The van der Waals surface area contributed by atoms with E-state index in [1.165, 1.54) is 11.0 Å². The third kappa shape index (κ3) is 4.21. The molecule has 2 aliphatic carbocycles. The van der Waals surface area contributed by atoms with Gasteiger partial charge in [0.25, 0.3) is 0 Å². The Morgan fingerprint density at radius 3 is 2.75 bits per heavy atom. The maximum absolute atomic E-state index is 14.1. The standard InChI is InChI=1S/C30H30F2N4O4/c1-29(2)24(37)12-23(17-8-19(31)11-20(32)9-17)36(28(29)40)15-25(38)34-21-6-5-16-13-30(14-18(16)10-21)22-4-3-7-33-26(22)35-27(30)39/h3-8,10-11,17,23-24,37H,9,12-15H2,1-2H3,(H,34,38)(H,33,35,39)/t17?,23-,24+,30-/m1/s1. The lowest BCUT2D eigenvalue weighted by Gasteiger charge is -2.48. The van der Waals surface area contributed by atoms with Crippen LogP contribution in [0.2, 0.25) is 0 Å². The summed E-state index contributed by atoms with van der Waals surface area (Å²) in [6.45, 7) is 2.86. The molecule has 2 aliphatic heterocycles. The van der Waals surface area contributed by atoms with Crippen LogP contribution < -0.4 is 10.6 Å². The van der Waals surface area contributed by atoms with E-state index in [1.807, 2.05) is 24.3 Å². The number of hydrogen-bond acceptors (Lipinski definition) is 5. The summed E-state index contributed by atoms with van der Waals surface area (Å²) in [6.07, 6.45) is 3.64. The van der Waals surface area contributed by atoms with Gasteiger partial charge in [0.2, 0.25) is 17.7 Å². The van der Waals surface area contributed by atoms with Crippen molar-refractivity contribution in [2.75, 3.05) is 17.2 Å². The van der Waals surface area contributed by atoms with Crippen molar-refractivity contribution in [3.63, 3.8) is 0 Å². The number of allylic oxidation sites excluding steroid dienone is 3. The molecule has 1 aromatic heterocycles. The van der Waals surface area contributed by atoms with Gasteiger partial charge < -0.3 is 20.6 Å². The number of aromatic nitrogens is 1. The fraction of sp³-hybridized carbons (Fsp3) is 0.400. The number of piperidine rings is 1. The highest BCUT2D eigenvalue weighted by Gasteiger charge is 2.51. The molecule has 0 bridgehead atoms. The average molecular weight is 549 g/mol. The minimum absolute atomic E-state index is 0.0903.